The molecule has 0 aliphatic heterocycles. The van der Waals surface area contributed by atoms with E-state index in [0.717, 1.165) is 24.3 Å². The Morgan fingerprint density at radius 3 is 2.57 bits per heavy atom. The van der Waals surface area contributed by atoms with E-state index in [1.165, 1.54) is 36.4 Å². The van der Waals surface area contributed by atoms with Crippen LogP contribution in [0.15, 0.2) is 49.1 Å². The molecule has 28 heavy (non-hydrogen) atoms. The molecule has 144 valence electrons. The van der Waals surface area contributed by atoms with Crippen molar-refractivity contribution in [3.05, 3.63) is 75.9 Å². The number of aryl methyl sites for hydroxylation is 1. The number of anilines is 1. The molecule has 1 aromatic heterocycles. The first kappa shape index (κ1) is 19.0. The lowest BCUT2D eigenvalue weighted by molar-refractivity contribution is -0.385. The van der Waals surface area contributed by atoms with Crippen LogP contribution in [0.25, 0.3) is 5.69 Å². The van der Waals surface area contributed by atoms with E-state index in [2.05, 4.69) is 15.4 Å². The van der Waals surface area contributed by atoms with Gasteiger partial charge in [0, 0.05) is 17.2 Å². The number of nitro groups is 1. The molecule has 0 fully saturated rings. The molecule has 0 spiro atoms. The first-order valence-corrected chi connectivity index (χ1v) is 7.79. The Morgan fingerprint density at radius 2 is 1.96 bits per heavy atom. The average Bonchev–Trinajstić information content (AvgIpc) is 3.15. The maximum Gasteiger partial charge on any atom is 0.416 e. The number of aromatic nitrogens is 3. The number of rotatable bonds is 4. The lowest BCUT2D eigenvalue weighted by Crippen LogP contribution is -2.16. The Balaban J connectivity index is 2.02. The Bertz CT molecular complexity index is 1050. The third-order valence-electron chi connectivity index (χ3n) is 3.91. The highest BCUT2D eigenvalue weighted by Crippen LogP contribution is 2.33. The van der Waals surface area contributed by atoms with Crippen LogP contribution < -0.4 is 5.32 Å². The topological polar surface area (TPSA) is 103 Å². The fourth-order valence-electron chi connectivity index (χ4n) is 2.49. The third-order valence-corrected chi connectivity index (χ3v) is 3.91. The lowest BCUT2D eigenvalue weighted by Gasteiger charge is -2.14. The molecule has 11 heteroatoms. The summed E-state index contributed by atoms with van der Waals surface area (Å²) in [6.07, 6.45) is -2.18. The van der Waals surface area contributed by atoms with Crippen LogP contribution in [-0.4, -0.2) is 25.6 Å². The van der Waals surface area contributed by atoms with E-state index in [-0.39, 0.29) is 22.6 Å². The summed E-state index contributed by atoms with van der Waals surface area (Å²) < 4.78 is 40.4. The number of nitrogens with zero attached hydrogens (tertiary/aromatic N) is 4. The summed E-state index contributed by atoms with van der Waals surface area (Å²) in [5, 5.41) is 17.3. The van der Waals surface area contributed by atoms with Crippen LogP contribution in [0.2, 0.25) is 0 Å². The van der Waals surface area contributed by atoms with Crippen LogP contribution >= 0.6 is 0 Å². The Labute approximate surface area is 155 Å². The highest BCUT2D eigenvalue weighted by molar-refractivity contribution is 6.05. The summed E-state index contributed by atoms with van der Waals surface area (Å²) in [5.74, 6) is -0.802. The smallest absolute Gasteiger partial charge is 0.320 e. The molecule has 0 aliphatic rings. The molecule has 0 unspecified atom stereocenters. The standard InChI is InChI=1S/C17H12F3N5O3/c1-10-2-3-11(6-15(10)25(27)28)16(26)23-13-7-12(17(18,19)20)4-5-14(13)24-9-21-8-22-24/h2-9H,1H3,(H,23,26). The van der Waals surface area contributed by atoms with Crippen LogP contribution in [0.4, 0.5) is 24.5 Å². The second-order valence-electron chi connectivity index (χ2n) is 5.78. The number of hydrogen-bond acceptors (Lipinski definition) is 5. The molecule has 8 nitrogen and oxygen atoms in total. The fraction of sp³-hybridized carbons (Fsp3) is 0.118. The van der Waals surface area contributed by atoms with Crippen LogP contribution in [0.3, 0.4) is 0 Å². The molecule has 1 amide bonds. The molecule has 0 bridgehead atoms. The first-order valence-electron chi connectivity index (χ1n) is 7.79. The van der Waals surface area contributed by atoms with Gasteiger partial charge in [-0.1, -0.05) is 6.07 Å². The highest BCUT2D eigenvalue weighted by atomic mass is 19.4. The number of carbonyl (C=O) groups is 1. The van der Waals surface area contributed by atoms with Gasteiger partial charge in [-0.15, -0.1) is 0 Å². The second kappa shape index (κ2) is 7.10. The Morgan fingerprint density at radius 1 is 1.21 bits per heavy atom. The van der Waals surface area contributed by atoms with Crippen molar-refractivity contribution in [2.75, 3.05) is 5.32 Å². The summed E-state index contributed by atoms with van der Waals surface area (Å²) in [7, 11) is 0. The number of hydrogen-bond donors (Lipinski definition) is 1. The van der Waals surface area contributed by atoms with E-state index in [0.29, 0.717) is 5.56 Å². The minimum Gasteiger partial charge on any atom is -0.320 e. The van der Waals surface area contributed by atoms with E-state index >= 15 is 0 Å². The van der Waals surface area contributed by atoms with Gasteiger partial charge in [-0.3, -0.25) is 14.9 Å². The zero-order valence-electron chi connectivity index (χ0n) is 14.3. The minimum absolute atomic E-state index is 0.0701. The molecule has 0 radical (unpaired) electrons. The maximum atomic E-state index is 13.1. The number of nitro benzene ring substituents is 1. The predicted molar refractivity (Wildman–Crippen MR) is 92.1 cm³/mol. The van der Waals surface area contributed by atoms with Crippen LogP contribution in [0.1, 0.15) is 21.5 Å². The van der Waals surface area contributed by atoms with E-state index < -0.39 is 22.6 Å². The van der Waals surface area contributed by atoms with Crippen molar-refractivity contribution in [2.24, 2.45) is 0 Å². The summed E-state index contributed by atoms with van der Waals surface area (Å²) in [4.78, 5) is 26.7. The number of amides is 1. The number of carbonyl (C=O) groups excluding carboxylic acids is 1. The van der Waals surface area contributed by atoms with Crippen LogP contribution in [-0.2, 0) is 6.18 Å². The predicted octanol–water partition coefficient (Wildman–Crippen LogP) is 3.76. The molecule has 1 heterocycles. The van der Waals surface area contributed by atoms with Crippen molar-refractivity contribution in [1.82, 2.24) is 14.8 Å². The number of nitrogens with one attached hydrogen (secondary N) is 1. The number of benzene rings is 2. The van der Waals surface area contributed by atoms with Gasteiger partial charge in [-0.05, 0) is 31.2 Å². The molecule has 0 saturated carbocycles. The van der Waals surface area contributed by atoms with Crippen molar-refractivity contribution in [2.45, 2.75) is 13.1 Å². The van der Waals surface area contributed by atoms with Gasteiger partial charge in [0.15, 0.2) is 0 Å². The normalized spacial score (nSPS) is 11.3. The van der Waals surface area contributed by atoms with Crippen LogP contribution in [0, 0.1) is 17.0 Å². The molecule has 2 aromatic carbocycles. The van der Waals surface area contributed by atoms with Gasteiger partial charge < -0.3 is 5.32 Å². The van der Waals surface area contributed by atoms with Crippen molar-refractivity contribution < 1.29 is 22.9 Å². The summed E-state index contributed by atoms with van der Waals surface area (Å²) in [6.45, 7) is 1.51. The van der Waals surface area contributed by atoms with E-state index in [9.17, 15) is 28.1 Å². The van der Waals surface area contributed by atoms with Crippen molar-refractivity contribution >= 4 is 17.3 Å². The summed E-state index contributed by atoms with van der Waals surface area (Å²) in [6, 6.07) is 6.55. The van der Waals surface area contributed by atoms with Gasteiger partial charge in [-0.25, -0.2) is 9.67 Å². The van der Waals surface area contributed by atoms with Crippen molar-refractivity contribution in [3.63, 3.8) is 0 Å². The fourth-order valence-corrected chi connectivity index (χ4v) is 2.49. The zero-order valence-corrected chi connectivity index (χ0v) is 14.3. The number of halogens is 3. The highest BCUT2D eigenvalue weighted by Gasteiger charge is 2.31. The molecule has 0 aliphatic carbocycles. The van der Waals surface area contributed by atoms with Gasteiger partial charge in [0.2, 0.25) is 0 Å². The molecule has 3 aromatic rings. The van der Waals surface area contributed by atoms with Gasteiger partial charge in [0.05, 0.1) is 21.9 Å². The van der Waals surface area contributed by atoms with Crippen molar-refractivity contribution in [1.29, 1.82) is 0 Å². The monoisotopic (exact) mass is 391 g/mol. The van der Waals surface area contributed by atoms with Gasteiger partial charge in [-0.2, -0.15) is 18.3 Å². The zero-order chi connectivity index (χ0) is 20.5. The number of alkyl halides is 3. The quantitative estimate of drug-likeness (QED) is 0.539. The Kier molecular flexibility index (Phi) is 4.82. The molecular weight excluding hydrogens is 379 g/mol. The van der Waals surface area contributed by atoms with Gasteiger partial charge in [0.25, 0.3) is 11.6 Å². The first-order chi connectivity index (χ1) is 13.2. The Hall–Kier alpha value is -3.76. The average molecular weight is 391 g/mol. The molecule has 0 saturated heterocycles. The van der Waals surface area contributed by atoms with E-state index in [4.69, 9.17) is 0 Å². The minimum atomic E-state index is -4.62. The lowest BCUT2D eigenvalue weighted by atomic mass is 10.1. The van der Waals surface area contributed by atoms with Gasteiger partial charge in [0.1, 0.15) is 12.7 Å². The molecule has 0 atom stereocenters. The third kappa shape index (κ3) is 3.82. The molecular formula is C17H12F3N5O3. The van der Waals surface area contributed by atoms with Crippen molar-refractivity contribution in [3.8, 4) is 5.69 Å². The molecule has 1 N–H and O–H groups in total. The maximum absolute atomic E-state index is 13.1. The van der Waals surface area contributed by atoms with E-state index in [1.807, 2.05) is 0 Å². The SMILES string of the molecule is Cc1ccc(C(=O)Nc2cc(C(F)(F)F)ccc2-n2cncn2)cc1[N+](=O)[O-]. The summed E-state index contributed by atoms with van der Waals surface area (Å²) >= 11 is 0. The van der Waals surface area contributed by atoms with E-state index in [1.54, 1.807) is 0 Å². The largest absolute Gasteiger partial charge is 0.416 e. The second-order valence-corrected chi connectivity index (χ2v) is 5.78. The molecule has 3 rings (SSSR count). The van der Waals surface area contributed by atoms with Gasteiger partial charge >= 0.3 is 6.18 Å². The summed E-state index contributed by atoms with van der Waals surface area (Å²) in [5.41, 5.74) is -0.980. The van der Waals surface area contributed by atoms with Crippen LogP contribution in [0.5, 0.6) is 0 Å².